The third kappa shape index (κ3) is 5.89. The minimum Gasteiger partial charge on any atom is -0.355 e. The van der Waals surface area contributed by atoms with Crippen molar-refractivity contribution in [1.82, 2.24) is 20.1 Å². The molecule has 160 valence electrons. The van der Waals surface area contributed by atoms with E-state index in [4.69, 9.17) is 0 Å². The maximum atomic E-state index is 12.7. The fraction of sp³-hybridized carbons (Fsp3) is 0.520. The number of nitrogens with one attached hydrogen (secondary N) is 1. The molecule has 30 heavy (non-hydrogen) atoms. The zero-order valence-corrected chi connectivity index (χ0v) is 17.9. The fourth-order valence-corrected chi connectivity index (χ4v) is 4.86. The molecule has 2 aliphatic heterocycles. The molecule has 2 aromatic rings. The van der Waals surface area contributed by atoms with Crippen LogP contribution in [0.5, 0.6) is 0 Å². The quantitative estimate of drug-likeness (QED) is 0.768. The van der Waals surface area contributed by atoms with Crippen LogP contribution in [0, 0.1) is 5.92 Å². The second kappa shape index (κ2) is 10.7. The zero-order chi connectivity index (χ0) is 20.6. The standard InChI is InChI=1S/C25H34N4O/c30-25(27-15-10-21-8-13-26-14-9-21)23-7-4-16-29(20-23)24-11-17-28(18-12-24)19-22-5-2-1-3-6-22/h1-3,5-6,8-9,13-14,23-24H,4,7,10-12,15-20H2,(H,27,30)/t23-/m0/s1. The van der Waals surface area contributed by atoms with Crippen LogP contribution in [0.2, 0.25) is 0 Å². The Balaban J connectivity index is 1.20. The van der Waals surface area contributed by atoms with E-state index in [1.165, 1.54) is 24.0 Å². The number of carbonyl (C=O) groups is 1. The van der Waals surface area contributed by atoms with Gasteiger partial charge in [0.1, 0.15) is 0 Å². The molecule has 1 N–H and O–H groups in total. The molecule has 0 saturated carbocycles. The number of hydrogen-bond donors (Lipinski definition) is 1. The van der Waals surface area contributed by atoms with Gasteiger partial charge in [-0.25, -0.2) is 0 Å². The summed E-state index contributed by atoms with van der Waals surface area (Å²) in [5.41, 5.74) is 2.62. The lowest BCUT2D eigenvalue weighted by molar-refractivity contribution is -0.127. The van der Waals surface area contributed by atoms with E-state index in [0.717, 1.165) is 52.0 Å². The average molecular weight is 407 g/mol. The Labute approximate surface area is 180 Å². The third-order valence-electron chi connectivity index (χ3n) is 6.61. The van der Waals surface area contributed by atoms with Crippen molar-refractivity contribution in [2.24, 2.45) is 5.92 Å². The van der Waals surface area contributed by atoms with Crippen molar-refractivity contribution in [1.29, 1.82) is 0 Å². The Morgan fingerprint density at radius 3 is 2.50 bits per heavy atom. The first-order chi connectivity index (χ1) is 14.8. The fourth-order valence-electron chi connectivity index (χ4n) is 4.86. The maximum absolute atomic E-state index is 12.7. The molecular weight excluding hydrogens is 372 g/mol. The molecule has 0 spiro atoms. The Morgan fingerprint density at radius 2 is 1.73 bits per heavy atom. The van der Waals surface area contributed by atoms with Gasteiger partial charge in [-0.15, -0.1) is 0 Å². The molecule has 1 atom stereocenters. The van der Waals surface area contributed by atoms with Crippen LogP contribution in [0.1, 0.15) is 36.8 Å². The smallest absolute Gasteiger partial charge is 0.224 e. The molecule has 1 aromatic heterocycles. The van der Waals surface area contributed by atoms with Crippen LogP contribution in [-0.4, -0.2) is 59.5 Å². The number of piperidine rings is 2. The summed E-state index contributed by atoms with van der Waals surface area (Å²) in [7, 11) is 0. The van der Waals surface area contributed by atoms with Gasteiger partial charge in [0.2, 0.25) is 5.91 Å². The number of rotatable bonds is 7. The first-order valence-corrected chi connectivity index (χ1v) is 11.4. The van der Waals surface area contributed by atoms with Crippen molar-refractivity contribution in [3.05, 3.63) is 66.0 Å². The molecule has 0 bridgehead atoms. The molecule has 2 fully saturated rings. The average Bonchev–Trinajstić information content (AvgIpc) is 2.81. The second-order valence-corrected chi connectivity index (χ2v) is 8.72. The van der Waals surface area contributed by atoms with Gasteiger partial charge in [0.05, 0.1) is 5.92 Å². The number of pyridine rings is 1. The van der Waals surface area contributed by atoms with Gasteiger partial charge in [-0.05, 0) is 75.0 Å². The van der Waals surface area contributed by atoms with E-state index in [1.54, 1.807) is 12.4 Å². The summed E-state index contributed by atoms with van der Waals surface area (Å²) < 4.78 is 0. The van der Waals surface area contributed by atoms with Gasteiger partial charge in [-0.3, -0.25) is 19.6 Å². The highest BCUT2D eigenvalue weighted by Crippen LogP contribution is 2.24. The summed E-state index contributed by atoms with van der Waals surface area (Å²) in [6.45, 7) is 6.12. The summed E-state index contributed by atoms with van der Waals surface area (Å²) in [5.74, 6) is 0.369. The number of likely N-dealkylation sites (tertiary alicyclic amines) is 2. The Morgan fingerprint density at radius 1 is 0.967 bits per heavy atom. The number of amides is 1. The lowest BCUT2D eigenvalue weighted by Gasteiger charge is -2.42. The van der Waals surface area contributed by atoms with Crippen LogP contribution in [-0.2, 0) is 17.8 Å². The number of hydrogen-bond acceptors (Lipinski definition) is 4. The van der Waals surface area contributed by atoms with Crippen molar-refractivity contribution in [3.8, 4) is 0 Å². The minimum atomic E-state index is 0.138. The normalized spacial score (nSPS) is 21.4. The van der Waals surface area contributed by atoms with Crippen molar-refractivity contribution in [2.45, 2.75) is 44.7 Å². The van der Waals surface area contributed by atoms with Gasteiger partial charge in [-0.2, -0.15) is 0 Å². The predicted molar refractivity (Wildman–Crippen MR) is 120 cm³/mol. The summed E-state index contributed by atoms with van der Waals surface area (Å²) in [6, 6.07) is 15.4. The van der Waals surface area contributed by atoms with E-state index in [0.29, 0.717) is 12.6 Å². The summed E-state index contributed by atoms with van der Waals surface area (Å²) >= 11 is 0. The van der Waals surface area contributed by atoms with Crippen molar-refractivity contribution < 1.29 is 4.79 Å². The van der Waals surface area contributed by atoms with E-state index in [-0.39, 0.29) is 11.8 Å². The Bertz CT molecular complexity index is 774. The third-order valence-corrected chi connectivity index (χ3v) is 6.61. The second-order valence-electron chi connectivity index (χ2n) is 8.72. The van der Waals surface area contributed by atoms with Crippen LogP contribution < -0.4 is 5.32 Å². The van der Waals surface area contributed by atoms with Gasteiger partial charge < -0.3 is 5.32 Å². The largest absolute Gasteiger partial charge is 0.355 e. The van der Waals surface area contributed by atoms with Crippen LogP contribution in [0.3, 0.4) is 0 Å². The van der Waals surface area contributed by atoms with Gasteiger partial charge >= 0.3 is 0 Å². The first-order valence-electron chi connectivity index (χ1n) is 11.4. The molecule has 0 radical (unpaired) electrons. The monoisotopic (exact) mass is 406 g/mol. The molecule has 1 amide bonds. The Kier molecular flexibility index (Phi) is 7.49. The van der Waals surface area contributed by atoms with Crippen molar-refractivity contribution in [3.63, 3.8) is 0 Å². The van der Waals surface area contributed by atoms with Crippen LogP contribution in [0.4, 0.5) is 0 Å². The van der Waals surface area contributed by atoms with Crippen LogP contribution in [0.15, 0.2) is 54.9 Å². The van der Waals surface area contributed by atoms with Gasteiger partial charge in [0, 0.05) is 38.1 Å². The lowest BCUT2D eigenvalue weighted by atomic mass is 9.93. The number of aromatic nitrogens is 1. The molecule has 5 heteroatoms. The summed E-state index contributed by atoms with van der Waals surface area (Å²) in [5, 5.41) is 3.16. The van der Waals surface area contributed by atoms with E-state index in [2.05, 4.69) is 50.4 Å². The predicted octanol–water partition coefficient (Wildman–Crippen LogP) is 3.12. The number of nitrogens with zero attached hydrogens (tertiary/aromatic N) is 3. The molecule has 4 rings (SSSR count). The molecule has 0 aliphatic carbocycles. The van der Waals surface area contributed by atoms with E-state index in [9.17, 15) is 4.79 Å². The summed E-state index contributed by atoms with van der Waals surface area (Å²) in [4.78, 5) is 21.9. The topological polar surface area (TPSA) is 48.5 Å². The van der Waals surface area contributed by atoms with Crippen molar-refractivity contribution >= 4 is 5.91 Å². The number of benzene rings is 1. The molecule has 0 unspecified atom stereocenters. The number of carbonyl (C=O) groups excluding carboxylic acids is 1. The molecule has 2 saturated heterocycles. The van der Waals surface area contributed by atoms with Gasteiger partial charge in [0.25, 0.3) is 0 Å². The maximum Gasteiger partial charge on any atom is 0.224 e. The highest BCUT2D eigenvalue weighted by atomic mass is 16.1. The Hall–Kier alpha value is -2.24. The minimum absolute atomic E-state index is 0.138. The SMILES string of the molecule is O=C(NCCc1ccncc1)[C@H]1CCCN(C2CCN(Cc3ccccc3)CC2)C1. The van der Waals surface area contributed by atoms with E-state index in [1.807, 2.05) is 12.1 Å². The lowest BCUT2D eigenvalue weighted by Crippen LogP contribution is -2.50. The first kappa shape index (κ1) is 21.0. The molecule has 2 aliphatic rings. The highest BCUT2D eigenvalue weighted by Gasteiger charge is 2.31. The van der Waals surface area contributed by atoms with Gasteiger partial charge in [-0.1, -0.05) is 30.3 Å². The molecular formula is C25H34N4O. The molecule has 5 nitrogen and oxygen atoms in total. The highest BCUT2D eigenvalue weighted by molar-refractivity contribution is 5.79. The van der Waals surface area contributed by atoms with Crippen molar-refractivity contribution in [2.75, 3.05) is 32.7 Å². The molecule has 1 aromatic carbocycles. The van der Waals surface area contributed by atoms with Crippen LogP contribution >= 0.6 is 0 Å². The summed E-state index contributed by atoms with van der Waals surface area (Å²) in [6.07, 6.45) is 9.05. The zero-order valence-electron chi connectivity index (χ0n) is 17.9. The molecule has 3 heterocycles. The van der Waals surface area contributed by atoms with Crippen LogP contribution in [0.25, 0.3) is 0 Å². The van der Waals surface area contributed by atoms with E-state index < -0.39 is 0 Å². The van der Waals surface area contributed by atoms with Gasteiger partial charge in [0.15, 0.2) is 0 Å². The van der Waals surface area contributed by atoms with E-state index >= 15 is 0 Å².